The third-order valence-corrected chi connectivity index (χ3v) is 6.35. The second-order valence-corrected chi connectivity index (χ2v) is 9.82. The first-order chi connectivity index (χ1) is 15.5. The van der Waals surface area contributed by atoms with E-state index in [1.165, 1.54) is 0 Å². The van der Waals surface area contributed by atoms with E-state index >= 15 is 0 Å². The standard InChI is InChI=1S/C26H28N2O5/c1-16(2)26(19-15-21(29)27(22(19)30)17-11-7-6-8-12-17)18-13-9-10-14-20(18)28(23(26)31)24(32)33-25(3,4)5/h6-14,16,19H,15H2,1-5H3/t19-,26?/m1/s1. The highest BCUT2D eigenvalue weighted by atomic mass is 16.6. The Labute approximate surface area is 193 Å². The molecule has 2 aliphatic rings. The lowest BCUT2D eigenvalue weighted by Gasteiger charge is -2.36. The predicted molar refractivity (Wildman–Crippen MR) is 124 cm³/mol. The first kappa shape index (κ1) is 22.7. The maximum Gasteiger partial charge on any atom is 0.421 e. The third kappa shape index (κ3) is 3.43. The first-order valence-corrected chi connectivity index (χ1v) is 11.1. The van der Waals surface area contributed by atoms with Crippen molar-refractivity contribution in [3.05, 3.63) is 60.2 Å². The number of imide groups is 2. The van der Waals surface area contributed by atoms with E-state index < -0.39 is 34.8 Å². The van der Waals surface area contributed by atoms with Crippen LogP contribution in [0.25, 0.3) is 0 Å². The first-order valence-electron chi connectivity index (χ1n) is 11.1. The minimum absolute atomic E-state index is 0.117. The van der Waals surface area contributed by atoms with Crippen LogP contribution in [0, 0.1) is 11.8 Å². The van der Waals surface area contributed by atoms with E-state index in [1.54, 1.807) is 75.4 Å². The fourth-order valence-corrected chi connectivity index (χ4v) is 5.05. The van der Waals surface area contributed by atoms with E-state index in [-0.39, 0.29) is 18.2 Å². The molecule has 33 heavy (non-hydrogen) atoms. The van der Waals surface area contributed by atoms with E-state index in [9.17, 15) is 19.2 Å². The average Bonchev–Trinajstić information content (AvgIpc) is 3.17. The molecule has 1 unspecified atom stereocenters. The Kier molecular flexibility index (Phi) is 5.39. The molecule has 1 saturated heterocycles. The van der Waals surface area contributed by atoms with Gasteiger partial charge in [-0.25, -0.2) is 9.69 Å². The molecule has 0 radical (unpaired) electrons. The fourth-order valence-electron chi connectivity index (χ4n) is 5.05. The largest absolute Gasteiger partial charge is 0.443 e. The molecule has 0 bridgehead atoms. The number of anilines is 2. The molecule has 1 fully saturated rings. The molecule has 4 amide bonds. The van der Waals surface area contributed by atoms with Gasteiger partial charge in [0.1, 0.15) is 5.60 Å². The molecule has 4 rings (SSSR count). The number of fused-ring (bicyclic) bond motifs is 1. The van der Waals surface area contributed by atoms with Gasteiger partial charge in [-0.1, -0.05) is 50.2 Å². The Balaban J connectivity index is 1.85. The second kappa shape index (κ2) is 7.83. The summed E-state index contributed by atoms with van der Waals surface area (Å²) < 4.78 is 5.53. The summed E-state index contributed by atoms with van der Waals surface area (Å²) in [5.41, 5.74) is -0.750. The summed E-state index contributed by atoms with van der Waals surface area (Å²) in [4.78, 5) is 56.1. The number of carbonyl (C=O) groups excluding carboxylic acids is 4. The quantitative estimate of drug-likeness (QED) is 0.648. The van der Waals surface area contributed by atoms with E-state index in [1.807, 2.05) is 13.8 Å². The summed E-state index contributed by atoms with van der Waals surface area (Å²) in [6, 6.07) is 15.6. The number of hydrogen-bond acceptors (Lipinski definition) is 5. The Morgan fingerprint density at radius 1 is 1.00 bits per heavy atom. The molecule has 2 aromatic carbocycles. The zero-order valence-corrected chi connectivity index (χ0v) is 19.5. The van der Waals surface area contributed by atoms with Crippen LogP contribution < -0.4 is 9.80 Å². The van der Waals surface area contributed by atoms with Gasteiger partial charge in [0.05, 0.1) is 22.7 Å². The molecule has 2 atom stereocenters. The zero-order chi connectivity index (χ0) is 24.1. The lowest BCUT2D eigenvalue weighted by atomic mass is 9.63. The molecule has 2 aromatic rings. The molecule has 172 valence electrons. The highest BCUT2D eigenvalue weighted by molar-refractivity contribution is 6.27. The predicted octanol–water partition coefficient (Wildman–Crippen LogP) is 4.44. The van der Waals surface area contributed by atoms with Crippen LogP contribution in [0.2, 0.25) is 0 Å². The molecule has 0 aliphatic carbocycles. The number of nitrogens with zero attached hydrogens (tertiary/aromatic N) is 2. The van der Waals surface area contributed by atoms with Gasteiger partial charge in [-0.05, 0) is 50.5 Å². The summed E-state index contributed by atoms with van der Waals surface area (Å²) in [7, 11) is 0. The van der Waals surface area contributed by atoms with Crippen LogP contribution in [0.3, 0.4) is 0 Å². The van der Waals surface area contributed by atoms with Crippen LogP contribution in [-0.2, 0) is 24.5 Å². The zero-order valence-electron chi connectivity index (χ0n) is 19.5. The monoisotopic (exact) mass is 448 g/mol. The summed E-state index contributed by atoms with van der Waals surface area (Å²) in [5.74, 6) is -2.64. The van der Waals surface area contributed by atoms with Crippen molar-refractivity contribution in [2.75, 3.05) is 9.80 Å². The highest BCUT2D eigenvalue weighted by Crippen LogP contribution is 2.54. The van der Waals surface area contributed by atoms with Crippen molar-refractivity contribution in [3.8, 4) is 0 Å². The smallest absolute Gasteiger partial charge is 0.421 e. The van der Waals surface area contributed by atoms with Crippen LogP contribution in [0.1, 0.15) is 46.6 Å². The molecule has 0 saturated carbocycles. The fraction of sp³-hybridized carbons (Fsp3) is 0.385. The van der Waals surface area contributed by atoms with E-state index in [0.717, 1.165) is 9.80 Å². The topological polar surface area (TPSA) is 84.0 Å². The van der Waals surface area contributed by atoms with E-state index in [4.69, 9.17) is 4.74 Å². The maximum atomic E-state index is 14.1. The molecular weight excluding hydrogens is 420 g/mol. The second-order valence-electron chi connectivity index (χ2n) is 9.82. The molecular formula is C26H28N2O5. The molecule has 2 heterocycles. The minimum Gasteiger partial charge on any atom is -0.443 e. The van der Waals surface area contributed by atoms with Crippen molar-refractivity contribution in [1.82, 2.24) is 0 Å². The third-order valence-electron chi connectivity index (χ3n) is 6.35. The van der Waals surface area contributed by atoms with E-state index in [2.05, 4.69) is 0 Å². The van der Waals surface area contributed by atoms with Crippen LogP contribution >= 0.6 is 0 Å². The normalized spacial score (nSPS) is 22.8. The van der Waals surface area contributed by atoms with Crippen LogP contribution in [0.15, 0.2) is 54.6 Å². The summed E-state index contributed by atoms with van der Waals surface area (Å²) in [6.07, 6.45) is -0.909. The van der Waals surface area contributed by atoms with Gasteiger partial charge >= 0.3 is 6.09 Å². The van der Waals surface area contributed by atoms with Crippen molar-refractivity contribution >= 4 is 35.2 Å². The Hall–Kier alpha value is -3.48. The summed E-state index contributed by atoms with van der Waals surface area (Å²) >= 11 is 0. The van der Waals surface area contributed by atoms with Gasteiger partial charge in [0.25, 0.3) is 0 Å². The number of para-hydroxylation sites is 2. The van der Waals surface area contributed by atoms with Crippen molar-refractivity contribution in [2.45, 2.75) is 52.1 Å². The Morgan fingerprint density at radius 2 is 1.61 bits per heavy atom. The molecule has 0 spiro atoms. The Morgan fingerprint density at radius 3 is 2.21 bits per heavy atom. The molecule has 7 nitrogen and oxygen atoms in total. The Bertz CT molecular complexity index is 1130. The van der Waals surface area contributed by atoms with Crippen LogP contribution in [-0.4, -0.2) is 29.4 Å². The van der Waals surface area contributed by atoms with Gasteiger partial charge in [0.15, 0.2) is 0 Å². The molecule has 7 heteroatoms. The SMILES string of the molecule is CC(C)C1([C@@H]2CC(=O)N(c3ccccc3)C2=O)C(=O)N(C(=O)OC(C)(C)C)c2ccccc21. The van der Waals surface area contributed by atoms with Gasteiger partial charge < -0.3 is 4.74 Å². The molecule has 0 N–H and O–H groups in total. The molecule has 0 aromatic heterocycles. The number of benzene rings is 2. The van der Waals surface area contributed by atoms with Crippen LogP contribution in [0.5, 0.6) is 0 Å². The van der Waals surface area contributed by atoms with Gasteiger partial charge in [-0.15, -0.1) is 0 Å². The van der Waals surface area contributed by atoms with Crippen molar-refractivity contribution in [2.24, 2.45) is 11.8 Å². The minimum atomic E-state index is -1.37. The van der Waals surface area contributed by atoms with Crippen molar-refractivity contribution in [1.29, 1.82) is 0 Å². The van der Waals surface area contributed by atoms with Crippen molar-refractivity contribution < 1.29 is 23.9 Å². The number of hydrogen-bond donors (Lipinski definition) is 0. The lowest BCUT2D eigenvalue weighted by molar-refractivity contribution is -0.133. The maximum absolute atomic E-state index is 14.1. The van der Waals surface area contributed by atoms with Gasteiger partial charge in [0.2, 0.25) is 17.7 Å². The lowest BCUT2D eigenvalue weighted by Crippen LogP contribution is -2.53. The number of amides is 4. The summed E-state index contributed by atoms with van der Waals surface area (Å²) in [6.45, 7) is 8.87. The average molecular weight is 449 g/mol. The number of rotatable bonds is 3. The van der Waals surface area contributed by atoms with Gasteiger partial charge in [0, 0.05) is 6.42 Å². The van der Waals surface area contributed by atoms with Crippen LogP contribution in [0.4, 0.5) is 16.2 Å². The summed E-state index contributed by atoms with van der Waals surface area (Å²) in [5, 5.41) is 0. The van der Waals surface area contributed by atoms with E-state index in [0.29, 0.717) is 16.9 Å². The van der Waals surface area contributed by atoms with Gasteiger partial charge in [-0.3, -0.25) is 19.3 Å². The number of ether oxygens (including phenoxy) is 1. The molecule has 2 aliphatic heterocycles. The number of carbonyl (C=O) groups is 4. The van der Waals surface area contributed by atoms with Gasteiger partial charge in [-0.2, -0.15) is 0 Å². The highest BCUT2D eigenvalue weighted by Gasteiger charge is 2.64. The van der Waals surface area contributed by atoms with Crippen molar-refractivity contribution in [3.63, 3.8) is 0 Å².